The monoisotopic (exact) mass is 263 g/mol. The number of anilines is 1. The lowest BCUT2D eigenvalue weighted by Gasteiger charge is -2.29. The number of hydrogen-bond donors (Lipinski definition) is 4. The van der Waals surface area contributed by atoms with Crippen molar-refractivity contribution >= 4 is 11.7 Å². The van der Waals surface area contributed by atoms with Crippen molar-refractivity contribution in [3.8, 4) is 0 Å². The van der Waals surface area contributed by atoms with Crippen LogP contribution < -0.4 is 16.0 Å². The molecule has 2 atom stereocenters. The fourth-order valence-electron chi connectivity index (χ4n) is 2.37. The molecule has 0 aromatic heterocycles. The molecule has 1 aromatic carbocycles. The zero-order valence-electron chi connectivity index (χ0n) is 11.4. The number of aryl methyl sites for hydroxylation is 2. The van der Waals surface area contributed by atoms with E-state index in [2.05, 4.69) is 22.0 Å². The number of amides is 2. The van der Waals surface area contributed by atoms with Crippen molar-refractivity contribution in [2.75, 3.05) is 18.4 Å². The number of carbonyl (C=O) groups excluding carboxylic acids is 1. The Morgan fingerprint density at radius 1 is 1.32 bits per heavy atom. The number of carbonyl (C=O) groups is 1. The van der Waals surface area contributed by atoms with Gasteiger partial charge in [0.25, 0.3) is 0 Å². The average Bonchev–Trinajstić information content (AvgIpc) is 2.30. The average molecular weight is 263 g/mol. The van der Waals surface area contributed by atoms with Gasteiger partial charge in [0.05, 0.1) is 12.1 Å². The Kier molecular flexibility index (Phi) is 4.39. The maximum Gasteiger partial charge on any atom is 0.319 e. The van der Waals surface area contributed by atoms with E-state index in [1.165, 1.54) is 0 Å². The Bertz CT molecular complexity index is 442. The van der Waals surface area contributed by atoms with Crippen molar-refractivity contribution in [1.82, 2.24) is 10.6 Å². The van der Waals surface area contributed by atoms with Crippen LogP contribution in [-0.2, 0) is 0 Å². The summed E-state index contributed by atoms with van der Waals surface area (Å²) in [6.45, 7) is 5.37. The van der Waals surface area contributed by atoms with Gasteiger partial charge in [-0.25, -0.2) is 4.79 Å². The number of aliphatic hydroxyl groups is 1. The van der Waals surface area contributed by atoms with Crippen LogP contribution in [0.2, 0.25) is 0 Å². The Hall–Kier alpha value is -1.59. The Morgan fingerprint density at radius 3 is 2.63 bits per heavy atom. The minimum Gasteiger partial charge on any atom is -0.391 e. The molecule has 1 heterocycles. The van der Waals surface area contributed by atoms with Gasteiger partial charge in [0.15, 0.2) is 0 Å². The van der Waals surface area contributed by atoms with Crippen molar-refractivity contribution in [2.45, 2.75) is 32.4 Å². The molecule has 0 spiro atoms. The molecule has 5 nitrogen and oxygen atoms in total. The highest BCUT2D eigenvalue weighted by Gasteiger charge is 2.24. The molecule has 1 aromatic rings. The van der Waals surface area contributed by atoms with E-state index >= 15 is 0 Å². The molecule has 4 N–H and O–H groups in total. The molecule has 2 rings (SSSR count). The van der Waals surface area contributed by atoms with Crippen LogP contribution in [0.4, 0.5) is 10.5 Å². The molecule has 1 fully saturated rings. The van der Waals surface area contributed by atoms with Crippen LogP contribution in [-0.4, -0.2) is 36.4 Å². The summed E-state index contributed by atoms with van der Waals surface area (Å²) in [5, 5.41) is 18.5. The van der Waals surface area contributed by atoms with Gasteiger partial charge in [0.1, 0.15) is 0 Å². The van der Waals surface area contributed by atoms with Gasteiger partial charge in [0.2, 0.25) is 0 Å². The molecule has 0 radical (unpaired) electrons. The summed E-state index contributed by atoms with van der Waals surface area (Å²) >= 11 is 0. The molecule has 104 valence electrons. The molecule has 0 aliphatic carbocycles. The van der Waals surface area contributed by atoms with Crippen molar-refractivity contribution in [1.29, 1.82) is 0 Å². The van der Waals surface area contributed by atoms with Crippen LogP contribution in [0.5, 0.6) is 0 Å². The third-order valence-electron chi connectivity index (χ3n) is 3.24. The molecule has 0 saturated carbocycles. The Morgan fingerprint density at radius 2 is 2.00 bits per heavy atom. The van der Waals surface area contributed by atoms with Crippen molar-refractivity contribution < 1.29 is 9.90 Å². The maximum atomic E-state index is 11.9. The standard InChI is InChI=1S/C14H21N3O2/c1-9-5-10(2)7-11(6-9)16-14(19)17-12-8-15-4-3-13(12)18/h5-7,12-13,15,18H,3-4,8H2,1-2H3,(H2,16,17,19)/t12-,13-/m1/s1. The zero-order chi connectivity index (χ0) is 13.8. The van der Waals surface area contributed by atoms with Gasteiger partial charge >= 0.3 is 6.03 Å². The van der Waals surface area contributed by atoms with E-state index < -0.39 is 6.10 Å². The normalized spacial score (nSPS) is 22.9. The van der Waals surface area contributed by atoms with Crippen LogP contribution >= 0.6 is 0 Å². The van der Waals surface area contributed by atoms with Crippen LogP contribution in [0.15, 0.2) is 18.2 Å². The molecule has 1 saturated heterocycles. The van der Waals surface area contributed by atoms with Gasteiger partial charge in [-0.2, -0.15) is 0 Å². The summed E-state index contributed by atoms with van der Waals surface area (Å²) < 4.78 is 0. The molecule has 0 bridgehead atoms. The van der Waals surface area contributed by atoms with Crippen LogP contribution in [0.3, 0.4) is 0 Å². The smallest absolute Gasteiger partial charge is 0.319 e. The first kappa shape index (κ1) is 13.8. The van der Waals surface area contributed by atoms with Gasteiger partial charge in [-0.05, 0) is 50.1 Å². The highest BCUT2D eigenvalue weighted by atomic mass is 16.3. The third-order valence-corrected chi connectivity index (χ3v) is 3.24. The number of nitrogens with one attached hydrogen (secondary N) is 3. The first-order valence-corrected chi connectivity index (χ1v) is 6.59. The minimum atomic E-state index is -0.480. The van der Waals surface area contributed by atoms with Crippen LogP contribution in [0.1, 0.15) is 17.5 Å². The number of benzene rings is 1. The fraction of sp³-hybridized carbons (Fsp3) is 0.500. The van der Waals surface area contributed by atoms with Gasteiger partial charge < -0.3 is 21.1 Å². The van der Waals surface area contributed by atoms with Gasteiger partial charge in [-0.3, -0.25) is 0 Å². The highest BCUT2D eigenvalue weighted by Crippen LogP contribution is 2.13. The molecule has 0 unspecified atom stereocenters. The third kappa shape index (κ3) is 3.94. The van der Waals surface area contributed by atoms with Gasteiger partial charge in [0, 0.05) is 12.2 Å². The molecular formula is C14H21N3O2. The second-order valence-corrected chi connectivity index (χ2v) is 5.14. The second-order valence-electron chi connectivity index (χ2n) is 5.14. The highest BCUT2D eigenvalue weighted by molar-refractivity contribution is 5.89. The van der Waals surface area contributed by atoms with E-state index in [-0.39, 0.29) is 12.1 Å². The van der Waals surface area contributed by atoms with Crippen molar-refractivity contribution in [2.24, 2.45) is 0 Å². The lowest BCUT2D eigenvalue weighted by atomic mass is 10.0. The summed E-state index contributed by atoms with van der Waals surface area (Å²) in [7, 11) is 0. The number of rotatable bonds is 2. The van der Waals surface area contributed by atoms with Crippen LogP contribution in [0.25, 0.3) is 0 Å². The zero-order valence-corrected chi connectivity index (χ0v) is 11.4. The topological polar surface area (TPSA) is 73.4 Å². The van der Waals surface area contributed by atoms with E-state index in [0.717, 1.165) is 23.4 Å². The van der Waals surface area contributed by atoms with E-state index in [9.17, 15) is 9.90 Å². The van der Waals surface area contributed by atoms with Gasteiger partial charge in [-0.15, -0.1) is 0 Å². The summed E-state index contributed by atoms with van der Waals surface area (Å²) in [5.74, 6) is 0. The number of urea groups is 1. The quantitative estimate of drug-likeness (QED) is 0.646. The van der Waals surface area contributed by atoms with Gasteiger partial charge in [-0.1, -0.05) is 6.07 Å². The fourth-order valence-corrected chi connectivity index (χ4v) is 2.37. The Balaban J connectivity index is 1.93. The lowest BCUT2D eigenvalue weighted by molar-refractivity contribution is 0.103. The number of piperidine rings is 1. The van der Waals surface area contributed by atoms with E-state index in [0.29, 0.717) is 13.0 Å². The van der Waals surface area contributed by atoms with E-state index in [4.69, 9.17) is 0 Å². The summed E-state index contributed by atoms with van der Waals surface area (Å²) in [4.78, 5) is 11.9. The van der Waals surface area contributed by atoms with Crippen molar-refractivity contribution in [3.05, 3.63) is 29.3 Å². The lowest BCUT2D eigenvalue weighted by Crippen LogP contribution is -2.54. The maximum absolute atomic E-state index is 11.9. The summed E-state index contributed by atoms with van der Waals surface area (Å²) in [6.07, 6.45) is 0.181. The summed E-state index contributed by atoms with van der Waals surface area (Å²) in [6, 6.07) is 5.37. The second kappa shape index (κ2) is 6.04. The number of aliphatic hydroxyl groups excluding tert-OH is 1. The molecule has 19 heavy (non-hydrogen) atoms. The number of hydrogen-bond acceptors (Lipinski definition) is 3. The predicted octanol–water partition coefficient (Wildman–Crippen LogP) is 1.15. The SMILES string of the molecule is Cc1cc(C)cc(NC(=O)N[C@@H]2CNCC[C@H]2O)c1. The molecule has 1 aliphatic heterocycles. The van der Waals surface area contributed by atoms with E-state index in [1.807, 2.05) is 26.0 Å². The minimum absolute atomic E-state index is 0.236. The Labute approximate surface area is 113 Å². The van der Waals surface area contributed by atoms with Crippen molar-refractivity contribution in [3.63, 3.8) is 0 Å². The first-order chi connectivity index (χ1) is 9.04. The predicted molar refractivity (Wildman–Crippen MR) is 75.4 cm³/mol. The molecule has 2 amide bonds. The molecule has 1 aliphatic rings. The van der Waals surface area contributed by atoms with Crippen LogP contribution in [0, 0.1) is 13.8 Å². The molecule has 5 heteroatoms. The largest absolute Gasteiger partial charge is 0.391 e. The summed E-state index contributed by atoms with van der Waals surface area (Å²) in [5.41, 5.74) is 2.98. The molecular weight excluding hydrogens is 242 g/mol. The first-order valence-electron chi connectivity index (χ1n) is 6.59. The van der Waals surface area contributed by atoms with E-state index in [1.54, 1.807) is 0 Å².